The molecule has 0 bridgehead atoms. The molecule has 0 heterocycles. The lowest BCUT2D eigenvalue weighted by Crippen LogP contribution is -2.09. The lowest BCUT2D eigenvalue weighted by molar-refractivity contribution is 0.593. The molecule has 0 amide bonds. The van der Waals surface area contributed by atoms with Gasteiger partial charge < -0.3 is 0 Å². The monoisotopic (exact) mass is 461 g/mol. The highest BCUT2D eigenvalue weighted by atomic mass is 79.9. The average Bonchev–Trinajstić information content (AvgIpc) is 2.67. The van der Waals surface area contributed by atoms with Crippen molar-refractivity contribution in [1.29, 1.82) is 0 Å². The summed E-state index contributed by atoms with van der Waals surface area (Å²) < 4.78 is 1.01. The summed E-state index contributed by atoms with van der Waals surface area (Å²) in [6, 6.07) is 20.9. The lowest BCUT2D eigenvalue weighted by atomic mass is 9.82. The van der Waals surface area contributed by atoms with Crippen LogP contribution in [-0.4, -0.2) is 0 Å². The molecule has 2 unspecified atom stereocenters. The summed E-state index contributed by atoms with van der Waals surface area (Å²) in [5.74, 6) is 0.0112. The van der Waals surface area contributed by atoms with E-state index in [1.807, 2.05) is 24.3 Å². The molecule has 3 rings (SSSR count). The fourth-order valence-corrected chi connectivity index (χ4v) is 4.02. The maximum absolute atomic E-state index is 11.7. The third kappa shape index (κ3) is 4.78. The average molecular weight is 463 g/mol. The van der Waals surface area contributed by atoms with Crippen molar-refractivity contribution in [2.75, 3.05) is 0 Å². The van der Waals surface area contributed by atoms with E-state index in [0.29, 0.717) is 22.0 Å². The highest BCUT2D eigenvalue weighted by Gasteiger charge is 2.25. The van der Waals surface area contributed by atoms with Crippen molar-refractivity contribution >= 4 is 39.1 Å². The van der Waals surface area contributed by atoms with Crippen molar-refractivity contribution in [1.82, 2.24) is 0 Å². The quantitative estimate of drug-likeness (QED) is 0.340. The first-order valence-corrected chi connectivity index (χ1v) is 10.1. The number of aryl methyl sites for hydroxylation is 1. The molecular weight excluding hydrogens is 445 g/mol. The Labute approximate surface area is 177 Å². The van der Waals surface area contributed by atoms with Crippen molar-refractivity contribution in [2.24, 2.45) is 5.18 Å². The first-order valence-electron chi connectivity index (χ1n) is 8.58. The summed E-state index contributed by atoms with van der Waals surface area (Å²) in [5.41, 5.74) is 4.13. The van der Waals surface area contributed by atoms with Gasteiger partial charge in [0.2, 0.25) is 0 Å². The van der Waals surface area contributed by atoms with Gasteiger partial charge in [-0.3, -0.25) is 0 Å². The molecule has 0 aliphatic carbocycles. The molecule has 27 heavy (non-hydrogen) atoms. The molecule has 0 radical (unpaired) electrons. The van der Waals surface area contributed by atoms with Crippen molar-refractivity contribution < 1.29 is 0 Å². The van der Waals surface area contributed by atoms with E-state index >= 15 is 0 Å². The van der Waals surface area contributed by atoms with Crippen LogP contribution in [0.2, 0.25) is 10.0 Å². The molecule has 2 atom stereocenters. The van der Waals surface area contributed by atoms with Crippen LogP contribution >= 0.6 is 39.1 Å². The molecule has 0 saturated carbocycles. The van der Waals surface area contributed by atoms with Crippen LogP contribution in [0, 0.1) is 11.8 Å². The Morgan fingerprint density at radius 3 is 2.33 bits per heavy atom. The summed E-state index contributed by atoms with van der Waals surface area (Å²) in [6.07, 6.45) is 0.510. The lowest BCUT2D eigenvalue weighted by Gasteiger charge is -2.23. The van der Waals surface area contributed by atoms with E-state index < -0.39 is 6.04 Å². The number of halogens is 3. The van der Waals surface area contributed by atoms with Crippen molar-refractivity contribution in [2.45, 2.75) is 25.3 Å². The standard InChI is InChI=1S/C22H18BrCl2NO/c1-14-4-2-3-5-18(14)19(15-6-8-16(23)9-7-15)13-22(26-27)20-12-17(24)10-11-21(20)25/h2-12,19,22H,13H2,1H3. The van der Waals surface area contributed by atoms with E-state index in [2.05, 4.69) is 52.3 Å². The number of hydrogen-bond donors (Lipinski definition) is 0. The molecule has 3 aromatic carbocycles. The molecule has 0 saturated heterocycles. The van der Waals surface area contributed by atoms with Crippen LogP contribution in [0.25, 0.3) is 0 Å². The van der Waals surface area contributed by atoms with E-state index in [4.69, 9.17) is 23.2 Å². The highest BCUT2D eigenvalue weighted by molar-refractivity contribution is 9.10. The second-order valence-electron chi connectivity index (χ2n) is 6.48. The number of rotatable bonds is 6. The fourth-order valence-electron chi connectivity index (χ4n) is 3.34. The third-order valence-electron chi connectivity index (χ3n) is 4.74. The zero-order valence-corrected chi connectivity index (χ0v) is 17.8. The molecule has 3 aromatic rings. The number of nitroso groups, excluding NO2 is 1. The van der Waals surface area contributed by atoms with Gasteiger partial charge in [-0.05, 0) is 60.4 Å². The summed E-state index contributed by atoms with van der Waals surface area (Å²) in [5, 5.41) is 4.44. The van der Waals surface area contributed by atoms with Crippen molar-refractivity contribution in [3.8, 4) is 0 Å². The SMILES string of the molecule is Cc1ccccc1C(CC(N=O)c1cc(Cl)ccc1Cl)c1ccc(Br)cc1. The van der Waals surface area contributed by atoms with Crippen molar-refractivity contribution in [3.63, 3.8) is 0 Å². The van der Waals surface area contributed by atoms with Gasteiger partial charge in [-0.15, -0.1) is 0 Å². The maximum Gasteiger partial charge on any atom is 0.119 e. The molecular formula is C22H18BrCl2NO. The van der Waals surface area contributed by atoms with Gasteiger partial charge in [0.25, 0.3) is 0 Å². The van der Waals surface area contributed by atoms with Gasteiger partial charge in [0, 0.05) is 26.0 Å². The largest absolute Gasteiger partial charge is 0.150 e. The Kier molecular flexibility index (Phi) is 6.69. The maximum atomic E-state index is 11.7. The van der Waals surface area contributed by atoms with E-state index in [9.17, 15) is 4.91 Å². The van der Waals surface area contributed by atoms with Gasteiger partial charge in [-0.2, -0.15) is 4.91 Å². The van der Waals surface area contributed by atoms with Crippen molar-refractivity contribution in [3.05, 3.63) is 108 Å². The summed E-state index contributed by atoms with van der Waals surface area (Å²) >= 11 is 15.9. The Balaban J connectivity index is 2.04. The molecule has 0 aliphatic heterocycles. The molecule has 0 spiro atoms. The summed E-state index contributed by atoms with van der Waals surface area (Å²) in [6.45, 7) is 2.08. The Bertz CT molecular complexity index is 943. The van der Waals surface area contributed by atoms with Crippen LogP contribution < -0.4 is 0 Å². The summed E-state index contributed by atoms with van der Waals surface area (Å²) in [7, 11) is 0. The molecule has 2 nitrogen and oxygen atoms in total. The topological polar surface area (TPSA) is 29.4 Å². The number of hydrogen-bond acceptors (Lipinski definition) is 2. The van der Waals surface area contributed by atoms with Gasteiger partial charge >= 0.3 is 0 Å². The molecule has 0 fully saturated rings. The van der Waals surface area contributed by atoms with Gasteiger partial charge in [-0.1, -0.05) is 80.7 Å². The fraction of sp³-hybridized carbons (Fsp3) is 0.182. The van der Waals surface area contributed by atoms with E-state index in [1.165, 1.54) is 11.1 Å². The normalized spacial score (nSPS) is 13.2. The Hall–Kier alpha value is -1.68. The smallest absolute Gasteiger partial charge is 0.119 e. The van der Waals surface area contributed by atoms with Gasteiger partial charge in [0.05, 0.1) is 0 Å². The zero-order chi connectivity index (χ0) is 19.4. The van der Waals surface area contributed by atoms with Crippen LogP contribution in [0.1, 0.15) is 40.6 Å². The third-order valence-corrected chi connectivity index (χ3v) is 5.85. The van der Waals surface area contributed by atoms with E-state index in [-0.39, 0.29) is 5.92 Å². The van der Waals surface area contributed by atoms with E-state index in [1.54, 1.807) is 18.2 Å². The van der Waals surface area contributed by atoms with Gasteiger partial charge in [0.15, 0.2) is 0 Å². The zero-order valence-electron chi connectivity index (χ0n) is 14.7. The number of nitrogens with zero attached hydrogens (tertiary/aromatic N) is 1. The van der Waals surface area contributed by atoms with Crippen LogP contribution in [0.15, 0.2) is 76.4 Å². The summed E-state index contributed by atoms with van der Waals surface area (Å²) in [4.78, 5) is 11.7. The minimum absolute atomic E-state index is 0.0112. The highest BCUT2D eigenvalue weighted by Crippen LogP contribution is 2.39. The minimum atomic E-state index is -0.593. The van der Waals surface area contributed by atoms with E-state index in [0.717, 1.165) is 10.0 Å². The van der Waals surface area contributed by atoms with Gasteiger partial charge in [-0.25, -0.2) is 0 Å². The van der Waals surface area contributed by atoms with Crippen LogP contribution in [0.5, 0.6) is 0 Å². The molecule has 5 heteroatoms. The second kappa shape index (κ2) is 9.01. The molecule has 0 aromatic heterocycles. The predicted molar refractivity (Wildman–Crippen MR) is 117 cm³/mol. The molecule has 138 valence electrons. The van der Waals surface area contributed by atoms with Crippen LogP contribution in [0.3, 0.4) is 0 Å². The van der Waals surface area contributed by atoms with Crippen LogP contribution in [-0.2, 0) is 0 Å². The first-order chi connectivity index (χ1) is 13.0. The number of benzene rings is 3. The van der Waals surface area contributed by atoms with Gasteiger partial charge in [0.1, 0.15) is 6.04 Å². The molecule has 0 N–H and O–H groups in total. The van der Waals surface area contributed by atoms with Crippen LogP contribution in [0.4, 0.5) is 0 Å². The minimum Gasteiger partial charge on any atom is -0.150 e. The predicted octanol–water partition coefficient (Wildman–Crippen LogP) is 8.09. The Morgan fingerprint density at radius 2 is 1.67 bits per heavy atom. The Morgan fingerprint density at radius 1 is 0.963 bits per heavy atom. The first kappa shape index (κ1) is 20.1. The molecule has 0 aliphatic rings. The second-order valence-corrected chi connectivity index (χ2v) is 8.24.